The topological polar surface area (TPSA) is 52.7 Å². The van der Waals surface area contributed by atoms with Gasteiger partial charge in [0.1, 0.15) is 12.1 Å². The molecule has 1 N–H and O–H groups in total. The molecule has 0 radical (unpaired) electrons. The first-order chi connectivity index (χ1) is 8.91. The van der Waals surface area contributed by atoms with Crippen molar-refractivity contribution in [3.05, 3.63) is 0 Å². The van der Waals surface area contributed by atoms with Gasteiger partial charge >= 0.3 is 0 Å². The second kappa shape index (κ2) is 5.49. The van der Waals surface area contributed by atoms with E-state index in [1.165, 1.54) is 0 Å². The summed E-state index contributed by atoms with van der Waals surface area (Å²) in [5, 5.41) is 2.85. The van der Waals surface area contributed by atoms with Gasteiger partial charge in [0, 0.05) is 6.04 Å². The fourth-order valence-electron chi connectivity index (χ4n) is 3.03. The van der Waals surface area contributed by atoms with E-state index in [1.54, 1.807) is 0 Å². The Morgan fingerprint density at radius 1 is 1.21 bits per heavy atom. The minimum absolute atomic E-state index is 0.0165. The van der Waals surface area contributed by atoms with Crippen LogP contribution in [0, 0.1) is 5.92 Å². The summed E-state index contributed by atoms with van der Waals surface area (Å²) in [6.45, 7) is 7.78. The molecule has 0 aromatic rings. The molecule has 2 amide bonds. The zero-order chi connectivity index (χ0) is 14.2. The molecule has 2 saturated heterocycles. The lowest BCUT2D eigenvalue weighted by Crippen LogP contribution is -2.66. The molecule has 0 aromatic carbocycles. The van der Waals surface area contributed by atoms with E-state index in [0.29, 0.717) is 0 Å². The van der Waals surface area contributed by atoms with Gasteiger partial charge in [-0.25, -0.2) is 0 Å². The molecule has 5 heteroatoms. The second-order valence-corrected chi connectivity index (χ2v) is 6.19. The van der Waals surface area contributed by atoms with Gasteiger partial charge in [-0.3, -0.25) is 9.59 Å². The smallest absolute Gasteiger partial charge is 0.246 e. The largest absolute Gasteiger partial charge is 0.342 e. The highest BCUT2D eigenvalue weighted by Gasteiger charge is 2.42. The van der Waals surface area contributed by atoms with Gasteiger partial charge in [0.05, 0.1) is 0 Å². The van der Waals surface area contributed by atoms with Crippen LogP contribution in [0.3, 0.4) is 0 Å². The fourth-order valence-corrected chi connectivity index (χ4v) is 3.03. The van der Waals surface area contributed by atoms with Crippen LogP contribution in [0.25, 0.3) is 0 Å². The number of rotatable bonds is 2. The first-order valence-electron chi connectivity index (χ1n) is 7.23. The lowest BCUT2D eigenvalue weighted by atomic mass is 9.94. The molecule has 2 unspecified atom stereocenters. The number of hydrogen-bond donors (Lipinski definition) is 1. The second-order valence-electron chi connectivity index (χ2n) is 6.19. The molecule has 5 nitrogen and oxygen atoms in total. The summed E-state index contributed by atoms with van der Waals surface area (Å²) < 4.78 is 0. The van der Waals surface area contributed by atoms with Gasteiger partial charge in [-0.15, -0.1) is 0 Å². The van der Waals surface area contributed by atoms with Crippen LogP contribution >= 0.6 is 0 Å². The van der Waals surface area contributed by atoms with Crippen LogP contribution in [0.15, 0.2) is 0 Å². The van der Waals surface area contributed by atoms with Gasteiger partial charge < -0.3 is 15.1 Å². The number of nitrogens with one attached hydrogen (secondary N) is 1. The van der Waals surface area contributed by atoms with Crippen molar-refractivity contribution in [2.24, 2.45) is 5.92 Å². The van der Waals surface area contributed by atoms with Crippen molar-refractivity contribution in [2.45, 2.75) is 51.7 Å². The third-order valence-electron chi connectivity index (χ3n) is 4.36. The molecule has 2 rings (SSSR count). The molecule has 0 saturated carbocycles. The normalized spacial score (nSPS) is 30.9. The zero-order valence-corrected chi connectivity index (χ0v) is 12.3. The van der Waals surface area contributed by atoms with Gasteiger partial charge in [0.15, 0.2) is 0 Å². The number of amides is 2. The van der Waals surface area contributed by atoms with Crippen LogP contribution in [-0.2, 0) is 9.59 Å². The van der Waals surface area contributed by atoms with Crippen molar-refractivity contribution >= 4 is 11.8 Å². The van der Waals surface area contributed by atoms with Gasteiger partial charge in [-0.2, -0.15) is 0 Å². The Bertz CT molecular complexity index is 362. The van der Waals surface area contributed by atoms with Crippen molar-refractivity contribution in [3.8, 4) is 0 Å². The Balaban J connectivity index is 2.16. The van der Waals surface area contributed by atoms with E-state index in [9.17, 15) is 9.59 Å². The summed E-state index contributed by atoms with van der Waals surface area (Å²) in [6.07, 6.45) is 1.93. The highest BCUT2D eigenvalue weighted by atomic mass is 16.2. The predicted octanol–water partition coefficient (Wildman–Crippen LogP) is 0.452. The minimum Gasteiger partial charge on any atom is -0.342 e. The molecule has 0 aliphatic carbocycles. The van der Waals surface area contributed by atoms with Crippen LogP contribution in [0.5, 0.6) is 0 Å². The first kappa shape index (κ1) is 14.3. The Morgan fingerprint density at radius 2 is 1.79 bits per heavy atom. The molecule has 2 fully saturated rings. The summed E-state index contributed by atoms with van der Waals surface area (Å²) in [6, 6.07) is -0.481. The summed E-state index contributed by atoms with van der Waals surface area (Å²) in [7, 11) is 2.10. The van der Waals surface area contributed by atoms with E-state index in [4.69, 9.17) is 0 Å². The number of carbonyl (C=O) groups excluding carboxylic acids is 2. The SMILES string of the molecule is CC(C)C1NC(=O)C(C)N(C2CCN(C)CC2)C1=O. The van der Waals surface area contributed by atoms with E-state index >= 15 is 0 Å². The van der Waals surface area contributed by atoms with E-state index in [1.807, 2.05) is 25.7 Å². The maximum atomic E-state index is 12.6. The maximum absolute atomic E-state index is 12.6. The van der Waals surface area contributed by atoms with Crippen molar-refractivity contribution in [3.63, 3.8) is 0 Å². The average molecular weight is 267 g/mol. The van der Waals surface area contributed by atoms with Crippen LogP contribution in [-0.4, -0.2) is 59.9 Å². The van der Waals surface area contributed by atoms with Crippen molar-refractivity contribution in [2.75, 3.05) is 20.1 Å². The molecule has 2 aliphatic rings. The molecular weight excluding hydrogens is 242 g/mol. The average Bonchev–Trinajstić information content (AvgIpc) is 2.36. The fraction of sp³-hybridized carbons (Fsp3) is 0.857. The lowest BCUT2D eigenvalue weighted by molar-refractivity contribution is -0.153. The van der Waals surface area contributed by atoms with E-state index in [2.05, 4.69) is 17.3 Å². The Kier molecular flexibility index (Phi) is 4.13. The van der Waals surface area contributed by atoms with Gasteiger partial charge in [0.25, 0.3) is 0 Å². The van der Waals surface area contributed by atoms with Gasteiger partial charge in [0.2, 0.25) is 11.8 Å². The predicted molar refractivity (Wildman–Crippen MR) is 73.6 cm³/mol. The molecule has 2 aliphatic heterocycles. The van der Waals surface area contributed by atoms with Crippen molar-refractivity contribution in [1.29, 1.82) is 0 Å². The number of piperidine rings is 1. The molecule has 108 valence electrons. The summed E-state index contributed by atoms with van der Waals surface area (Å²) in [5.41, 5.74) is 0. The molecule has 0 bridgehead atoms. The summed E-state index contributed by atoms with van der Waals surface area (Å²) in [5.74, 6) is 0.214. The quantitative estimate of drug-likeness (QED) is 0.790. The molecule has 19 heavy (non-hydrogen) atoms. The van der Waals surface area contributed by atoms with Crippen molar-refractivity contribution < 1.29 is 9.59 Å². The highest BCUT2D eigenvalue weighted by molar-refractivity contribution is 5.97. The number of nitrogens with zero attached hydrogens (tertiary/aromatic N) is 2. The van der Waals surface area contributed by atoms with Crippen LogP contribution in [0.1, 0.15) is 33.6 Å². The first-order valence-corrected chi connectivity index (χ1v) is 7.23. The molecular formula is C14H25N3O2. The molecule has 0 aromatic heterocycles. The van der Waals surface area contributed by atoms with E-state index < -0.39 is 0 Å². The van der Waals surface area contributed by atoms with Crippen LogP contribution in [0.2, 0.25) is 0 Å². The summed E-state index contributed by atoms with van der Waals surface area (Å²) >= 11 is 0. The Morgan fingerprint density at radius 3 is 2.32 bits per heavy atom. The molecule has 2 atom stereocenters. The van der Waals surface area contributed by atoms with E-state index in [-0.39, 0.29) is 35.9 Å². The number of hydrogen-bond acceptors (Lipinski definition) is 3. The van der Waals surface area contributed by atoms with Crippen LogP contribution < -0.4 is 5.32 Å². The highest BCUT2D eigenvalue weighted by Crippen LogP contribution is 2.23. The van der Waals surface area contributed by atoms with E-state index in [0.717, 1.165) is 25.9 Å². The molecule has 2 heterocycles. The monoisotopic (exact) mass is 267 g/mol. The number of carbonyl (C=O) groups is 2. The molecule has 0 spiro atoms. The van der Waals surface area contributed by atoms with Gasteiger partial charge in [-0.1, -0.05) is 13.8 Å². The maximum Gasteiger partial charge on any atom is 0.246 e. The van der Waals surface area contributed by atoms with Crippen molar-refractivity contribution in [1.82, 2.24) is 15.1 Å². The van der Waals surface area contributed by atoms with Gasteiger partial charge in [-0.05, 0) is 45.8 Å². The Labute approximate surface area is 115 Å². The summed E-state index contributed by atoms with van der Waals surface area (Å²) in [4.78, 5) is 28.8. The third kappa shape index (κ3) is 2.76. The number of likely N-dealkylation sites (tertiary alicyclic amines) is 1. The lowest BCUT2D eigenvalue weighted by Gasteiger charge is -2.45. The Hall–Kier alpha value is -1.10. The zero-order valence-electron chi connectivity index (χ0n) is 12.3. The third-order valence-corrected chi connectivity index (χ3v) is 4.36. The van der Waals surface area contributed by atoms with Crippen LogP contribution in [0.4, 0.5) is 0 Å². The minimum atomic E-state index is -0.358. The standard InChI is InChI=1S/C14H25N3O2/c1-9(2)12-14(19)17(10(3)13(18)15-12)11-5-7-16(4)8-6-11/h9-12H,5-8H2,1-4H3,(H,15,18). The number of piperazine rings is 1.